The largest absolute Gasteiger partial charge is 0.341 e. The number of rotatable bonds is 3. The normalized spacial score (nSPS) is 10.8. The Morgan fingerprint density at radius 3 is 2.74 bits per heavy atom. The zero-order valence-electron chi connectivity index (χ0n) is 10.7. The molecule has 19 heavy (non-hydrogen) atoms. The van der Waals surface area contributed by atoms with Crippen molar-refractivity contribution < 1.29 is 4.79 Å². The summed E-state index contributed by atoms with van der Waals surface area (Å²) in [6.07, 6.45) is 1.91. The average molecular weight is 389 g/mol. The van der Waals surface area contributed by atoms with Gasteiger partial charge in [0.05, 0.1) is 5.69 Å². The van der Waals surface area contributed by atoms with Gasteiger partial charge in [-0.2, -0.15) is 0 Å². The van der Waals surface area contributed by atoms with E-state index < -0.39 is 0 Å². The van der Waals surface area contributed by atoms with Gasteiger partial charge in [0.15, 0.2) is 0 Å². The Morgan fingerprint density at radius 1 is 1.37 bits per heavy atom. The molecule has 0 aliphatic rings. The molecule has 0 aliphatic carbocycles. The van der Waals surface area contributed by atoms with Crippen molar-refractivity contribution in [3.05, 3.63) is 50.8 Å². The van der Waals surface area contributed by atoms with Crippen LogP contribution < -0.4 is 5.32 Å². The van der Waals surface area contributed by atoms with Crippen molar-refractivity contribution in [2.24, 2.45) is 0 Å². The molecule has 2 rings (SSSR count). The molecule has 2 aromatic rings. The highest BCUT2D eigenvalue weighted by Gasteiger charge is 2.13. The van der Waals surface area contributed by atoms with E-state index in [0.29, 0.717) is 10.7 Å². The van der Waals surface area contributed by atoms with Gasteiger partial charge in [0, 0.05) is 20.8 Å². The molecule has 0 unspecified atom stereocenters. The first-order chi connectivity index (χ1) is 8.99. The van der Waals surface area contributed by atoms with Crippen LogP contribution in [0.25, 0.3) is 0 Å². The number of carbonyl (C=O) groups excluding carboxylic acids is 1. The predicted octanol–water partition coefficient (Wildman–Crippen LogP) is 4.58. The molecule has 0 saturated heterocycles. The Balaban J connectivity index is 2.23. The first kappa shape index (κ1) is 14.4. The van der Waals surface area contributed by atoms with E-state index in [0.717, 1.165) is 9.26 Å². The van der Waals surface area contributed by atoms with Crippen molar-refractivity contribution in [3.8, 4) is 0 Å². The molecule has 1 N–H and O–H groups in total. The summed E-state index contributed by atoms with van der Waals surface area (Å²) in [5.74, 6) is -0.112. The topological polar surface area (TPSA) is 34.0 Å². The number of nitrogens with zero attached hydrogens (tertiary/aromatic N) is 1. The van der Waals surface area contributed by atoms with E-state index in [1.54, 1.807) is 6.07 Å². The number of nitrogens with one attached hydrogen (secondary N) is 1. The van der Waals surface area contributed by atoms with E-state index in [4.69, 9.17) is 11.6 Å². The van der Waals surface area contributed by atoms with Crippen molar-refractivity contribution >= 4 is 45.8 Å². The highest BCUT2D eigenvalue weighted by Crippen LogP contribution is 2.23. The van der Waals surface area contributed by atoms with Gasteiger partial charge in [0.2, 0.25) is 0 Å². The second-order valence-corrected chi connectivity index (χ2v) is 6.07. The molecular formula is C14H14ClIN2O. The van der Waals surface area contributed by atoms with Gasteiger partial charge in [-0.25, -0.2) is 0 Å². The molecule has 1 aromatic carbocycles. The lowest BCUT2D eigenvalue weighted by molar-refractivity contribution is 0.101. The monoisotopic (exact) mass is 388 g/mol. The number of amides is 1. The molecule has 1 amide bonds. The van der Waals surface area contributed by atoms with Crippen LogP contribution in [0.5, 0.6) is 0 Å². The maximum atomic E-state index is 12.3. The summed E-state index contributed by atoms with van der Waals surface area (Å²) in [6, 6.07) is 9.34. The smallest absolute Gasteiger partial charge is 0.272 e. The van der Waals surface area contributed by atoms with E-state index in [-0.39, 0.29) is 11.9 Å². The minimum atomic E-state index is -0.112. The summed E-state index contributed by atoms with van der Waals surface area (Å²) in [4.78, 5) is 12.3. The molecule has 100 valence electrons. The number of hydrogen-bond donors (Lipinski definition) is 1. The third-order valence-corrected chi connectivity index (χ3v) is 3.87. The van der Waals surface area contributed by atoms with Crippen LogP contribution in [0.1, 0.15) is 30.4 Å². The van der Waals surface area contributed by atoms with Crippen molar-refractivity contribution in [3.63, 3.8) is 0 Å². The van der Waals surface area contributed by atoms with Crippen LogP contribution in [0.4, 0.5) is 5.69 Å². The summed E-state index contributed by atoms with van der Waals surface area (Å²) in [7, 11) is 0. The predicted molar refractivity (Wildman–Crippen MR) is 86.9 cm³/mol. The first-order valence-corrected chi connectivity index (χ1v) is 7.38. The average Bonchev–Trinajstić information content (AvgIpc) is 2.82. The molecule has 0 atom stereocenters. The van der Waals surface area contributed by atoms with Crippen LogP contribution in [0.2, 0.25) is 5.02 Å². The quantitative estimate of drug-likeness (QED) is 0.767. The number of hydrogen-bond acceptors (Lipinski definition) is 1. The highest BCUT2D eigenvalue weighted by atomic mass is 127. The molecule has 1 heterocycles. The fourth-order valence-corrected chi connectivity index (χ4v) is 2.82. The molecule has 0 spiro atoms. The van der Waals surface area contributed by atoms with Gasteiger partial charge in [-0.15, -0.1) is 0 Å². The molecular weight excluding hydrogens is 375 g/mol. The zero-order valence-corrected chi connectivity index (χ0v) is 13.6. The van der Waals surface area contributed by atoms with Crippen molar-refractivity contribution in [2.45, 2.75) is 19.9 Å². The summed E-state index contributed by atoms with van der Waals surface area (Å²) in [6.45, 7) is 4.09. The Morgan fingerprint density at radius 2 is 2.11 bits per heavy atom. The molecule has 3 nitrogen and oxygen atoms in total. The van der Waals surface area contributed by atoms with E-state index in [1.807, 2.05) is 48.9 Å². The van der Waals surface area contributed by atoms with E-state index in [2.05, 4.69) is 27.9 Å². The van der Waals surface area contributed by atoms with Crippen LogP contribution in [0.3, 0.4) is 0 Å². The first-order valence-electron chi connectivity index (χ1n) is 5.92. The van der Waals surface area contributed by atoms with Gasteiger partial charge >= 0.3 is 0 Å². The van der Waals surface area contributed by atoms with E-state index in [9.17, 15) is 4.79 Å². The second kappa shape index (κ2) is 5.96. The fraction of sp³-hybridized carbons (Fsp3) is 0.214. The number of anilines is 1. The lowest BCUT2D eigenvalue weighted by Crippen LogP contribution is -2.18. The standard InChI is InChI=1S/C14H14ClIN2O/c1-9(2)18-7-3-4-13(18)14(19)17-12-6-5-10(15)8-11(12)16/h3-9H,1-2H3,(H,17,19). The molecule has 0 saturated carbocycles. The number of aromatic nitrogens is 1. The molecule has 1 aromatic heterocycles. The molecule has 0 fully saturated rings. The third-order valence-electron chi connectivity index (χ3n) is 2.75. The van der Waals surface area contributed by atoms with Crippen molar-refractivity contribution in [1.29, 1.82) is 0 Å². The molecule has 0 bridgehead atoms. The summed E-state index contributed by atoms with van der Waals surface area (Å²) >= 11 is 8.05. The Kier molecular flexibility index (Phi) is 4.52. The fourth-order valence-electron chi connectivity index (χ4n) is 1.81. The third kappa shape index (κ3) is 3.30. The van der Waals surface area contributed by atoms with Crippen molar-refractivity contribution in [2.75, 3.05) is 5.32 Å². The van der Waals surface area contributed by atoms with Gasteiger partial charge in [0.25, 0.3) is 5.91 Å². The molecule has 5 heteroatoms. The van der Waals surface area contributed by atoms with E-state index >= 15 is 0 Å². The van der Waals surface area contributed by atoms with Crippen molar-refractivity contribution in [1.82, 2.24) is 4.57 Å². The molecule has 0 radical (unpaired) electrons. The Bertz CT molecular complexity index is 607. The number of carbonyl (C=O) groups is 1. The van der Waals surface area contributed by atoms with Gasteiger partial charge < -0.3 is 9.88 Å². The maximum absolute atomic E-state index is 12.3. The highest BCUT2D eigenvalue weighted by molar-refractivity contribution is 14.1. The lowest BCUT2D eigenvalue weighted by atomic mass is 10.3. The minimum Gasteiger partial charge on any atom is -0.341 e. The van der Waals surface area contributed by atoms with Gasteiger partial charge in [-0.3, -0.25) is 4.79 Å². The van der Waals surface area contributed by atoms with Crippen LogP contribution in [-0.2, 0) is 0 Å². The maximum Gasteiger partial charge on any atom is 0.272 e. The van der Waals surface area contributed by atoms with Crippen LogP contribution in [-0.4, -0.2) is 10.5 Å². The molecule has 0 aliphatic heterocycles. The Hall–Kier alpha value is -1.01. The SMILES string of the molecule is CC(C)n1cccc1C(=O)Nc1ccc(Cl)cc1I. The lowest BCUT2D eigenvalue weighted by Gasteiger charge is -2.13. The van der Waals surface area contributed by atoms with Gasteiger partial charge in [0.1, 0.15) is 5.69 Å². The summed E-state index contributed by atoms with van der Waals surface area (Å²) in [5.41, 5.74) is 1.42. The van der Waals surface area contributed by atoms with E-state index in [1.165, 1.54) is 0 Å². The van der Waals surface area contributed by atoms with Crippen LogP contribution >= 0.6 is 34.2 Å². The summed E-state index contributed by atoms with van der Waals surface area (Å²) in [5, 5.41) is 3.57. The van der Waals surface area contributed by atoms with Gasteiger partial charge in [-0.1, -0.05) is 11.6 Å². The second-order valence-electron chi connectivity index (χ2n) is 4.47. The minimum absolute atomic E-state index is 0.112. The van der Waals surface area contributed by atoms with Gasteiger partial charge in [-0.05, 0) is 66.8 Å². The Labute approximate surface area is 131 Å². The number of benzene rings is 1. The van der Waals surface area contributed by atoms with Crippen LogP contribution in [0.15, 0.2) is 36.5 Å². The number of halogens is 2. The summed E-state index contributed by atoms with van der Waals surface area (Å²) < 4.78 is 2.86. The zero-order chi connectivity index (χ0) is 14.0. The van der Waals surface area contributed by atoms with Crippen LogP contribution in [0, 0.1) is 3.57 Å².